The molecule has 148 valence electrons. The van der Waals surface area contributed by atoms with Crippen LogP contribution in [0.3, 0.4) is 0 Å². The lowest BCUT2D eigenvalue weighted by molar-refractivity contribution is -0.116. The molecule has 0 rings (SSSR count). The molecular formula is C14H29NO8P2. The van der Waals surface area contributed by atoms with E-state index in [-0.39, 0.29) is 12.8 Å². The Bertz CT molecular complexity index is 501. The van der Waals surface area contributed by atoms with Crippen molar-refractivity contribution in [1.82, 2.24) is 5.32 Å². The number of carbonyl (C=O) groups is 1. The first-order chi connectivity index (χ1) is 11.5. The normalized spacial score (nSPS) is 14.8. The molecule has 0 aromatic rings. The first-order valence-electron chi connectivity index (χ1n) is 8.20. The summed E-state index contributed by atoms with van der Waals surface area (Å²) in [7, 11) is -8.81. The minimum Gasteiger partial charge on any atom is -0.380 e. The van der Waals surface area contributed by atoms with E-state index in [0.717, 1.165) is 38.2 Å². The van der Waals surface area contributed by atoms with E-state index in [1.54, 1.807) is 0 Å². The van der Waals surface area contributed by atoms with Crippen LogP contribution in [0, 0.1) is 0 Å². The molecule has 0 aliphatic carbocycles. The van der Waals surface area contributed by atoms with Gasteiger partial charge in [0.15, 0.2) is 5.85 Å². The number of aliphatic hydroxyl groups excluding tert-OH is 1. The van der Waals surface area contributed by atoms with Crippen LogP contribution < -0.4 is 5.32 Å². The smallest absolute Gasteiger partial charge is 0.353 e. The zero-order valence-corrected chi connectivity index (χ0v) is 15.9. The summed E-state index contributed by atoms with van der Waals surface area (Å²) in [5, 5.41) is 11.4. The van der Waals surface area contributed by atoms with Gasteiger partial charge < -0.3 is 30.0 Å². The fourth-order valence-corrected chi connectivity index (χ4v) is 3.60. The Morgan fingerprint density at radius 3 is 1.72 bits per heavy atom. The van der Waals surface area contributed by atoms with Crippen molar-refractivity contribution in [2.75, 3.05) is 0 Å². The van der Waals surface area contributed by atoms with E-state index >= 15 is 0 Å². The molecule has 0 spiro atoms. The van der Waals surface area contributed by atoms with Gasteiger partial charge in [-0.1, -0.05) is 51.5 Å². The minimum absolute atomic E-state index is 0.0667. The van der Waals surface area contributed by atoms with E-state index in [1.165, 1.54) is 0 Å². The molecule has 0 aromatic heterocycles. The van der Waals surface area contributed by atoms with Crippen LogP contribution in [0.1, 0.15) is 57.8 Å². The lowest BCUT2D eigenvalue weighted by atomic mass is 10.1. The highest BCUT2D eigenvalue weighted by Crippen LogP contribution is 2.42. The van der Waals surface area contributed by atoms with Crippen LogP contribution in [-0.4, -0.2) is 42.2 Å². The fourth-order valence-electron chi connectivity index (χ4n) is 2.26. The van der Waals surface area contributed by atoms with Gasteiger partial charge in [-0.05, 0) is 18.9 Å². The Balaban J connectivity index is 3.80. The van der Waals surface area contributed by atoms with Crippen LogP contribution in [-0.2, 0) is 13.9 Å². The van der Waals surface area contributed by atoms with Crippen LogP contribution >= 0.6 is 15.2 Å². The Labute approximate surface area is 147 Å². The maximum Gasteiger partial charge on any atom is 0.353 e. The molecule has 0 aliphatic rings. The summed E-state index contributed by atoms with van der Waals surface area (Å²) < 4.78 is 22.1. The summed E-state index contributed by atoms with van der Waals surface area (Å²) in [6.07, 6.45) is 6.38. The number of amides is 1. The second-order valence-corrected chi connectivity index (χ2v) is 9.52. The Kier molecular flexibility index (Phi) is 11.7. The largest absolute Gasteiger partial charge is 0.380 e. The number of nitrogens with one attached hydrogen (secondary N) is 1. The number of hydrogen-bond acceptors (Lipinski definition) is 4. The number of rotatable bonds is 14. The molecule has 9 nitrogen and oxygen atoms in total. The third-order valence-corrected chi connectivity index (χ3v) is 5.96. The van der Waals surface area contributed by atoms with E-state index in [2.05, 4.69) is 11.9 Å². The molecule has 0 fully saturated rings. The highest BCUT2D eigenvalue weighted by atomic mass is 31.2. The summed E-state index contributed by atoms with van der Waals surface area (Å²) in [6.45, 7) is 3.24. The first kappa shape index (κ1) is 24.5. The molecule has 0 aromatic carbocycles. The van der Waals surface area contributed by atoms with E-state index < -0.39 is 32.7 Å². The SMILES string of the molecule is C=CC(=O)NC(CCCCCCCCCC(O)P(=O)(O)O)P(=O)(O)O. The predicted molar refractivity (Wildman–Crippen MR) is 93.8 cm³/mol. The third-order valence-electron chi connectivity index (χ3n) is 3.73. The maximum absolute atomic E-state index is 11.3. The molecule has 0 bridgehead atoms. The van der Waals surface area contributed by atoms with Gasteiger partial charge in [0.25, 0.3) is 0 Å². The molecule has 0 saturated carbocycles. The van der Waals surface area contributed by atoms with Gasteiger partial charge in [-0.3, -0.25) is 13.9 Å². The molecule has 11 heteroatoms. The van der Waals surface area contributed by atoms with Gasteiger partial charge >= 0.3 is 15.2 Å². The van der Waals surface area contributed by atoms with Crippen molar-refractivity contribution in [3.05, 3.63) is 12.7 Å². The van der Waals surface area contributed by atoms with Crippen molar-refractivity contribution in [2.24, 2.45) is 0 Å². The van der Waals surface area contributed by atoms with Crippen LogP contribution in [0.25, 0.3) is 0 Å². The molecule has 0 radical (unpaired) electrons. The van der Waals surface area contributed by atoms with Gasteiger partial charge in [-0.2, -0.15) is 0 Å². The van der Waals surface area contributed by atoms with Crippen LogP contribution in [0.15, 0.2) is 12.7 Å². The van der Waals surface area contributed by atoms with Gasteiger partial charge in [0.05, 0.1) is 0 Å². The fraction of sp³-hybridized carbons (Fsp3) is 0.786. The number of carbonyl (C=O) groups excluding carboxylic acids is 1. The third kappa shape index (κ3) is 12.5. The molecule has 0 heterocycles. The van der Waals surface area contributed by atoms with Crippen LogP contribution in [0.5, 0.6) is 0 Å². The molecular weight excluding hydrogens is 372 g/mol. The van der Waals surface area contributed by atoms with E-state index in [0.29, 0.717) is 12.8 Å². The summed E-state index contributed by atoms with van der Waals surface area (Å²) >= 11 is 0. The van der Waals surface area contributed by atoms with Crippen molar-refractivity contribution in [1.29, 1.82) is 0 Å². The van der Waals surface area contributed by atoms with Crippen LogP contribution in [0.2, 0.25) is 0 Å². The maximum atomic E-state index is 11.3. The van der Waals surface area contributed by atoms with Gasteiger partial charge in [0, 0.05) is 0 Å². The highest BCUT2D eigenvalue weighted by Gasteiger charge is 2.29. The number of aliphatic hydroxyl groups is 1. The van der Waals surface area contributed by atoms with Crippen molar-refractivity contribution < 1.29 is 38.6 Å². The molecule has 0 saturated heterocycles. The average molecular weight is 401 g/mol. The average Bonchev–Trinajstić information content (AvgIpc) is 2.49. The van der Waals surface area contributed by atoms with Gasteiger partial charge in [0.1, 0.15) is 5.78 Å². The Hall–Kier alpha value is -0.530. The predicted octanol–water partition coefficient (Wildman–Crippen LogP) is 1.80. The molecule has 6 N–H and O–H groups in total. The lowest BCUT2D eigenvalue weighted by Gasteiger charge is -2.19. The molecule has 0 aliphatic heterocycles. The topological polar surface area (TPSA) is 164 Å². The minimum atomic E-state index is -4.41. The second-order valence-electron chi connectivity index (χ2n) is 5.94. The lowest BCUT2D eigenvalue weighted by Crippen LogP contribution is -2.33. The summed E-state index contributed by atoms with van der Waals surface area (Å²) in [5.41, 5.74) is 0. The summed E-state index contributed by atoms with van der Waals surface area (Å²) in [5.74, 6) is -3.42. The molecule has 25 heavy (non-hydrogen) atoms. The first-order valence-corrected chi connectivity index (χ1v) is 11.6. The van der Waals surface area contributed by atoms with Gasteiger partial charge in [-0.15, -0.1) is 0 Å². The summed E-state index contributed by atoms with van der Waals surface area (Å²) in [6, 6.07) is 0. The molecule has 1 amide bonds. The Morgan fingerprint density at radius 2 is 1.32 bits per heavy atom. The van der Waals surface area contributed by atoms with Crippen LogP contribution in [0.4, 0.5) is 0 Å². The van der Waals surface area contributed by atoms with E-state index in [4.69, 9.17) is 9.79 Å². The molecule has 2 atom stereocenters. The van der Waals surface area contributed by atoms with Crippen molar-refractivity contribution in [3.63, 3.8) is 0 Å². The number of hydrogen-bond donors (Lipinski definition) is 6. The van der Waals surface area contributed by atoms with Crippen molar-refractivity contribution in [3.8, 4) is 0 Å². The second kappa shape index (κ2) is 12.0. The zero-order chi connectivity index (χ0) is 19.5. The molecule has 2 unspecified atom stereocenters. The van der Waals surface area contributed by atoms with Gasteiger partial charge in [0.2, 0.25) is 5.91 Å². The highest BCUT2D eigenvalue weighted by molar-refractivity contribution is 7.52. The van der Waals surface area contributed by atoms with Crippen molar-refractivity contribution >= 4 is 21.1 Å². The standard InChI is InChI=1S/C14H29NO8P2/c1-2-12(16)15-13(24(18,19)20)10-8-6-4-3-5-7-9-11-14(17)25(21,22)23/h2,13-14,17H,1,3-11H2,(H,15,16)(H2,18,19,20)(H2,21,22,23). The zero-order valence-electron chi connectivity index (χ0n) is 14.2. The summed E-state index contributed by atoms with van der Waals surface area (Å²) in [4.78, 5) is 47.1. The van der Waals surface area contributed by atoms with E-state index in [1.807, 2.05) is 0 Å². The van der Waals surface area contributed by atoms with Gasteiger partial charge in [-0.25, -0.2) is 0 Å². The monoisotopic (exact) mass is 401 g/mol. The van der Waals surface area contributed by atoms with E-state index in [9.17, 15) is 28.8 Å². The quantitative estimate of drug-likeness (QED) is 0.146. The Morgan fingerprint density at radius 1 is 0.880 bits per heavy atom. The van der Waals surface area contributed by atoms with Crippen molar-refractivity contribution in [2.45, 2.75) is 69.4 Å². The number of unbranched alkanes of at least 4 members (excludes halogenated alkanes) is 6.